The Kier molecular flexibility index (Phi) is 7.61. The van der Waals surface area contributed by atoms with Gasteiger partial charge in [-0.05, 0) is 50.0 Å². The van der Waals surface area contributed by atoms with E-state index in [0.717, 1.165) is 6.54 Å². The molecule has 3 N–H and O–H groups in total. The summed E-state index contributed by atoms with van der Waals surface area (Å²) in [7, 11) is 3.92. The topological polar surface area (TPSA) is 115 Å². The van der Waals surface area contributed by atoms with Crippen LogP contribution in [0.3, 0.4) is 0 Å². The zero-order valence-corrected chi connectivity index (χ0v) is 25.1. The minimum Gasteiger partial charge on any atom is -0.384 e. The maximum atomic E-state index is 16.2. The Morgan fingerprint density at radius 2 is 1.85 bits per heavy atom. The van der Waals surface area contributed by atoms with E-state index in [-0.39, 0.29) is 48.7 Å². The molecule has 46 heavy (non-hydrogen) atoms. The molecule has 0 radical (unpaired) electrons. The van der Waals surface area contributed by atoms with Crippen molar-refractivity contribution in [3.8, 4) is 34.0 Å². The molecule has 0 unspecified atom stereocenters. The van der Waals surface area contributed by atoms with E-state index in [2.05, 4.69) is 35.5 Å². The normalized spacial score (nSPS) is 15.0. The molecule has 0 amide bonds. The highest BCUT2D eigenvalue weighted by molar-refractivity contribution is 5.97. The van der Waals surface area contributed by atoms with Crippen LogP contribution in [0.5, 0.6) is 0 Å². The Balaban J connectivity index is 1.23. The van der Waals surface area contributed by atoms with Crippen molar-refractivity contribution < 1.29 is 17.6 Å². The van der Waals surface area contributed by atoms with Gasteiger partial charge in [0, 0.05) is 68.0 Å². The number of aromatic amines is 2. The fourth-order valence-corrected chi connectivity index (χ4v) is 5.76. The van der Waals surface area contributed by atoms with Crippen LogP contribution in [0.25, 0.3) is 56.0 Å². The van der Waals surface area contributed by atoms with Crippen molar-refractivity contribution in [1.82, 2.24) is 44.9 Å². The molecule has 14 heteroatoms. The Labute approximate surface area is 260 Å². The second kappa shape index (κ2) is 11.8. The molecular formula is C32H30F4N10. The molecule has 5 aromatic heterocycles. The van der Waals surface area contributed by atoms with Gasteiger partial charge in [-0.3, -0.25) is 25.0 Å². The molecule has 6 aromatic rings. The standard InChI is InChI=1S/C32H30F4N10/c1-45(2)8-6-38-22-11-19(10-21(33)12-22)28-29-23(3-5-39-28)41-31(42-29)30-25-24(43-44-30)15-40-27(26(25)34)20-9-18(13-37-14-20)16-46-7-4-32(35,36)17-46/h3,5,9-15,38H,4,6-8,16-17H2,1-2H3,(H,41,42)(H,43,44). The molecular weight excluding hydrogens is 600 g/mol. The van der Waals surface area contributed by atoms with Crippen molar-refractivity contribution in [1.29, 1.82) is 0 Å². The number of nitrogens with zero attached hydrogens (tertiary/aromatic N) is 7. The summed E-state index contributed by atoms with van der Waals surface area (Å²) in [6.07, 6.45) is 5.96. The maximum Gasteiger partial charge on any atom is 0.261 e. The van der Waals surface area contributed by atoms with Crippen LogP contribution >= 0.6 is 0 Å². The number of likely N-dealkylation sites (N-methyl/N-ethyl adjacent to an activating group) is 1. The predicted octanol–water partition coefficient (Wildman–Crippen LogP) is 5.72. The van der Waals surface area contributed by atoms with Crippen molar-refractivity contribution in [2.75, 3.05) is 45.6 Å². The molecule has 1 aliphatic rings. The zero-order chi connectivity index (χ0) is 32.0. The van der Waals surface area contributed by atoms with Gasteiger partial charge in [0.05, 0.1) is 34.9 Å². The molecule has 10 nitrogen and oxygen atoms in total. The van der Waals surface area contributed by atoms with E-state index >= 15 is 4.39 Å². The van der Waals surface area contributed by atoms with Crippen LogP contribution in [0.1, 0.15) is 12.0 Å². The zero-order valence-electron chi connectivity index (χ0n) is 25.1. The number of hydrogen-bond donors (Lipinski definition) is 3. The highest BCUT2D eigenvalue weighted by Crippen LogP contribution is 2.35. The van der Waals surface area contributed by atoms with Crippen molar-refractivity contribution in [2.24, 2.45) is 0 Å². The van der Waals surface area contributed by atoms with Crippen LogP contribution < -0.4 is 5.32 Å². The minimum absolute atomic E-state index is 0.0452. The quantitative estimate of drug-likeness (QED) is 0.174. The largest absolute Gasteiger partial charge is 0.384 e. The van der Waals surface area contributed by atoms with Crippen LogP contribution in [-0.2, 0) is 6.54 Å². The molecule has 6 heterocycles. The molecule has 0 saturated carbocycles. The van der Waals surface area contributed by atoms with E-state index in [1.165, 1.54) is 24.5 Å². The third-order valence-corrected chi connectivity index (χ3v) is 7.95. The SMILES string of the molecule is CN(C)CCNc1cc(F)cc(-c2nccc3[nH]c(-c4n[nH]c5cnc(-c6cncc(CN7CCC(F)(F)C7)c6)c(F)c45)nc23)c1. The molecule has 1 aliphatic heterocycles. The number of alkyl halides is 2. The van der Waals surface area contributed by atoms with Crippen molar-refractivity contribution in [2.45, 2.75) is 18.9 Å². The van der Waals surface area contributed by atoms with Gasteiger partial charge in [0.2, 0.25) is 0 Å². The lowest BCUT2D eigenvalue weighted by Crippen LogP contribution is -2.24. The Hall–Kier alpha value is -4.95. The number of halogens is 4. The summed E-state index contributed by atoms with van der Waals surface area (Å²) in [4.78, 5) is 24.7. The Morgan fingerprint density at radius 1 is 0.978 bits per heavy atom. The highest BCUT2D eigenvalue weighted by Gasteiger charge is 2.38. The van der Waals surface area contributed by atoms with Gasteiger partial charge >= 0.3 is 0 Å². The fraction of sp³-hybridized carbons (Fsp3) is 0.281. The molecule has 0 aliphatic carbocycles. The van der Waals surface area contributed by atoms with Gasteiger partial charge in [-0.1, -0.05) is 0 Å². The van der Waals surface area contributed by atoms with Crippen LogP contribution in [0.15, 0.2) is 55.1 Å². The first kappa shape index (κ1) is 29.7. The second-order valence-electron chi connectivity index (χ2n) is 11.8. The summed E-state index contributed by atoms with van der Waals surface area (Å²) in [6, 6.07) is 8.08. The van der Waals surface area contributed by atoms with E-state index in [1.54, 1.807) is 29.4 Å². The number of likely N-dealkylation sites (tertiary alicyclic amines) is 1. The van der Waals surface area contributed by atoms with Gasteiger partial charge in [-0.25, -0.2) is 22.5 Å². The van der Waals surface area contributed by atoms with Crippen LogP contribution in [0.2, 0.25) is 0 Å². The third-order valence-electron chi connectivity index (χ3n) is 7.95. The maximum absolute atomic E-state index is 16.2. The average molecular weight is 631 g/mol. The molecule has 1 aromatic carbocycles. The smallest absolute Gasteiger partial charge is 0.261 e. The monoisotopic (exact) mass is 630 g/mol. The van der Waals surface area contributed by atoms with E-state index in [9.17, 15) is 13.2 Å². The van der Waals surface area contributed by atoms with Gasteiger partial charge in [0.15, 0.2) is 11.6 Å². The van der Waals surface area contributed by atoms with E-state index < -0.39 is 17.6 Å². The number of anilines is 1. The lowest BCUT2D eigenvalue weighted by molar-refractivity contribution is 0.0115. The fourth-order valence-electron chi connectivity index (χ4n) is 5.76. The number of fused-ring (bicyclic) bond motifs is 2. The second-order valence-corrected chi connectivity index (χ2v) is 11.8. The number of benzene rings is 1. The van der Waals surface area contributed by atoms with Crippen LogP contribution in [0.4, 0.5) is 23.2 Å². The predicted molar refractivity (Wildman–Crippen MR) is 167 cm³/mol. The molecule has 1 fully saturated rings. The summed E-state index contributed by atoms with van der Waals surface area (Å²) in [5.41, 5.74) is 4.40. The van der Waals surface area contributed by atoms with Gasteiger partial charge in [-0.2, -0.15) is 5.10 Å². The first-order valence-corrected chi connectivity index (χ1v) is 14.8. The summed E-state index contributed by atoms with van der Waals surface area (Å²) in [5, 5.41) is 10.6. The van der Waals surface area contributed by atoms with Crippen molar-refractivity contribution >= 4 is 27.6 Å². The number of rotatable bonds is 9. The van der Waals surface area contributed by atoms with Crippen molar-refractivity contribution in [3.63, 3.8) is 0 Å². The van der Waals surface area contributed by atoms with Gasteiger partial charge in [0.1, 0.15) is 22.7 Å². The molecule has 0 bridgehead atoms. The van der Waals surface area contributed by atoms with Crippen molar-refractivity contribution in [3.05, 3.63) is 72.3 Å². The average Bonchev–Trinajstić information content (AvgIpc) is 3.73. The van der Waals surface area contributed by atoms with Gasteiger partial charge in [-0.15, -0.1) is 0 Å². The van der Waals surface area contributed by atoms with E-state index in [1.807, 2.05) is 25.1 Å². The number of hydrogen-bond acceptors (Lipinski definition) is 8. The first-order valence-electron chi connectivity index (χ1n) is 14.8. The van der Waals surface area contributed by atoms with Crippen LogP contribution in [-0.4, -0.2) is 91.1 Å². The van der Waals surface area contributed by atoms with E-state index in [0.29, 0.717) is 51.2 Å². The lowest BCUT2D eigenvalue weighted by Gasteiger charge is -2.15. The molecule has 7 rings (SSSR count). The molecule has 1 saturated heterocycles. The number of imidazole rings is 1. The summed E-state index contributed by atoms with van der Waals surface area (Å²) < 4.78 is 58.3. The number of H-pyrrole nitrogens is 2. The summed E-state index contributed by atoms with van der Waals surface area (Å²) in [6.45, 7) is 1.63. The van der Waals surface area contributed by atoms with E-state index in [4.69, 9.17) is 4.98 Å². The Morgan fingerprint density at radius 3 is 2.65 bits per heavy atom. The number of aromatic nitrogens is 7. The first-order chi connectivity index (χ1) is 22.1. The summed E-state index contributed by atoms with van der Waals surface area (Å²) >= 11 is 0. The van der Waals surface area contributed by atoms with Gasteiger partial charge in [0.25, 0.3) is 5.92 Å². The third kappa shape index (κ3) is 5.88. The lowest BCUT2D eigenvalue weighted by atomic mass is 10.1. The number of nitrogens with one attached hydrogen (secondary N) is 3. The minimum atomic E-state index is -2.71. The molecule has 0 atom stereocenters. The highest BCUT2D eigenvalue weighted by atomic mass is 19.3. The summed E-state index contributed by atoms with van der Waals surface area (Å²) in [5.74, 6) is -3.48. The Bertz CT molecular complexity index is 2050. The van der Waals surface area contributed by atoms with Crippen LogP contribution in [0, 0.1) is 11.6 Å². The number of pyridine rings is 3. The molecule has 0 spiro atoms. The van der Waals surface area contributed by atoms with Gasteiger partial charge < -0.3 is 15.2 Å². The molecule has 236 valence electrons.